The van der Waals surface area contributed by atoms with E-state index in [9.17, 15) is 8.78 Å². The molecule has 0 aliphatic rings. The van der Waals surface area contributed by atoms with E-state index in [2.05, 4.69) is 15.0 Å². The first-order valence-corrected chi connectivity index (χ1v) is 6.61. The van der Waals surface area contributed by atoms with E-state index in [1.807, 2.05) is 0 Å². The van der Waals surface area contributed by atoms with Crippen LogP contribution in [0.2, 0.25) is 5.02 Å². The summed E-state index contributed by atoms with van der Waals surface area (Å²) in [5.74, 6) is -1.13. The summed E-state index contributed by atoms with van der Waals surface area (Å²) in [5.41, 5.74) is 6.58. The molecule has 0 bridgehead atoms. The van der Waals surface area contributed by atoms with Crippen LogP contribution >= 0.6 is 11.6 Å². The van der Waals surface area contributed by atoms with Crippen LogP contribution in [0.3, 0.4) is 0 Å². The van der Waals surface area contributed by atoms with Gasteiger partial charge in [0, 0.05) is 29.1 Å². The number of anilines is 1. The highest BCUT2D eigenvalue weighted by Gasteiger charge is 2.18. The monoisotopic (exact) mass is 318 g/mol. The maximum absolute atomic E-state index is 14.0. The highest BCUT2D eigenvalue weighted by atomic mass is 35.5. The lowest BCUT2D eigenvalue weighted by atomic mass is 10.00. The van der Waals surface area contributed by atoms with Crippen LogP contribution in [0.25, 0.3) is 22.4 Å². The number of hydrogen-bond donors (Lipinski definition) is 1. The lowest BCUT2D eigenvalue weighted by Gasteiger charge is -2.12. The molecular weight excluding hydrogens is 310 g/mol. The van der Waals surface area contributed by atoms with Crippen LogP contribution in [0.5, 0.6) is 0 Å². The summed E-state index contributed by atoms with van der Waals surface area (Å²) in [6.07, 6.45) is 4.95. The molecule has 110 valence electrons. The van der Waals surface area contributed by atoms with Gasteiger partial charge in [0.05, 0.1) is 23.1 Å². The molecule has 3 rings (SSSR count). The molecule has 0 saturated heterocycles. The molecule has 0 spiro atoms. The minimum absolute atomic E-state index is 0.0334. The largest absolute Gasteiger partial charge is 0.382 e. The van der Waals surface area contributed by atoms with Gasteiger partial charge >= 0.3 is 0 Å². The summed E-state index contributed by atoms with van der Waals surface area (Å²) in [7, 11) is 0. The van der Waals surface area contributed by atoms with Gasteiger partial charge in [0.25, 0.3) is 0 Å². The van der Waals surface area contributed by atoms with Gasteiger partial charge in [-0.15, -0.1) is 0 Å². The number of nitrogens with zero attached hydrogens (tertiary/aromatic N) is 3. The molecule has 0 aliphatic heterocycles. The highest BCUT2D eigenvalue weighted by molar-refractivity contribution is 6.33. The van der Waals surface area contributed by atoms with Crippen molar-refractivity contribution in [3.05, 3.63) is 59.6 Å². The summed E-state index contributed by atoms with van der Waals surface area (Å²) in [4.78, 5) is 11.5. The fourth-order valence-electron chi connectivity index (χ4n) is 2.07. The highest BCUT2D eigenvalue weighted by Crippen LogP contribution is 2.36. The number of aromatic nitrogens is 3. The minimum atomic E-state index is -0.590. The smallest absolute Gasteiger partial charge is 0.150 e. The van der Waals surface area contributed by atoms with E-state index < -0.39 is 11.6 Å². The van der Waals surface area contributed by atoms with Crippen molar-refractivity contribution in [1.82, 2.24) is 15.0 Å². The average Bonchev–Trinajstić information content (AvgIpc) is 2.51. The van der Waals surface area contributed by atoms with Crippen molar-refractivity contribution in [2.24, 2.45) is 0 Å². The molecule has 0 aliphatic carbocycles. The summed E-state index contributed by atoms with van der Waals surface area (Å²) in [6.45, 7) is 0. The van der Waals surface area contributed by atoms with E-state index in [0.29, 0.717) is 5.56 Å². The first-order chi connectivity index (χ1) is 10.6. The Morgan fingerprint density at radius 2 is 1.50 bits per heavy atom. The summed E-state index contributed by atoms with van der Waals surface area (Å²) < 4.78 is 28.1. The fraction of sp³-hybridized carbons (Fsp3) is 0. The molecule has 7 heteroatoms. The number of pyridine rings is 3. The molecule has 0 unspecified atom stereocenters. The predicted molar refractivity (Wildman–Crippen MR) is 80.0 cm³/mol. The molecule has 0 fully saturated rings. The normalized spacial score (nSPS) is 10.7. The Bertz CT molecular complexity index is 784. The van der Waals surface area contributed by atoms with Crippen LogP contribution in [-0.2, 0) is 0 Å². The van der Waals surface area contributed by atoms with E-state index >= 15 is 0 Å². The van der Waals surface area contributed by atoms with Crippen molar-refractivity contribution in [2.45, 2.75) is 0 Å². The summed E-state index contributed by atoms with van der Waals surface area (Å²) in [5, 5.41) is 0.157. The number of halogens is 3. The predicted octanol–water partition coefficient (Wildman–Crippen LogP) is 3.72. The van der Waals surface area contributed by atoms with Gasteiger partial charge in [0.15, 0.2) is 5.82 Å². The van der Waals surface area contributed by atoms with E-state index in [-0.39, 0.29) is 27.7 Å². The molecule has 4 nitrogen and oxygen atoms in total. The Hall–Kier alpha value is -2.60. The van der Waals surface area contributed by atoms with E-state index in [0.717, 1.165) is 12.4 Å². The number of rotatable bonds is 2. The fourth-order valence-corrected chi connectivity index (χ4v) is 2.23. The molecule has 2 N–H and O–H groups in total. The summed E-state index contributed by atoms with van der Waals surface area (Å²) in [6, 6.07) is 4.35. The molecule has 3 heterocycles. The van der Waals surface area contributed by atoms with Gasteiger partial charge in [-0.05, 0) is 18.2 Å². The lowest BCUT2D eigenvalue weighted by Crippen LogP contribution is -1.99. The van der Waals surface area contributed by atoms with Crippen molar-refractivity contribution in [3.63, 3.8) is 0 Å². The van der Waals surface area contributed by atoms with Crippen LogP contribution in [0, 0.1) is 11.6 Å². The Balaban J connectivity index is 2.33. The Kier molecular flexibility index (Phi) is 3.68. The maximum Gasteiger partial charge on any atom is 0.150 e. The zero-order valence-corrected chi connectivity index (χ0v) is 11.9. The molecule has 22 heavy (non-hydrogen) atoms. The molecule has 3 aromatic rings. The first kappa shape index (κ1) is 14.3. The number of nitrogen functional groups attached to an aromatic ring is 1. The molecule has 0 radical (unpaired) electrons. The van der Waals surface area contributed by atoms with Crippen LogP contribution in [0.1, 0.15) is 0 Å². The lowest BCUT2D eigenvalue weighted by molar-refractivity contribution is 0.622. The van der Waals surface area contributed by atoms with Gasteiger partial charge in [-0.25, -0.2) is 13.8 Å². The van der Waals surface area contributed by atoms with Gasteiger partial charge < -0.3 is 5.73 Å². The quantitative estimate of drug-likeness (QED) is 0.782. The van der Waals surface area contributed by atoms with E-state index in [4.69, 9.17) is 17.3 Å². The standard InChI is InChI=1S/C15H9ClF2N4/c16-11-5-10(8-1-3-20-6-12(8)17)14(22-15(11)19)9-2-4-21-7-13(9)18/h1-7H,(H2,19,22). The Morgan fingerprint density at radius 1 is 0.909 bits per heavy atom. The van der Waals surface area contributed by atoms with Crippen molar-refractivity contribution in [2.75, 3.05) is 5.73 Å². The van der Waals surface area contributed by atoms with Crippen LogP contribution in [-0.4, -0.2) is 15.0 Å². The molecule has 0 saturated carbocycles. The average molecular weight is 319 g/mol. The molecular formula is C15H9ClF2N4. The third kappa shape index (κ3) is 2.48. The second-order valence-electron chi connectivity index (χ2n) is 4.46. The zero-order valence-electron chi connectivity index (χ0n) is 11.1. The van der Waals surface area contributed by atoms with Gasteiger partial charge in [-0.3, -0.25) is 9.97 Å². The second kappa shape index (κ2) is 5.65. The third-order valence-corrected chi connectivity index (χ3v) is 3.40. The van der Waals surface area contributed by atoms with Gasteiger partial charge in [-0.1, -0.05) is 11.6 Å². The van der Waals surface area contributed by atoms with Crippen LogP contribution < -0.4 is 5.73 Å². The number of nitrogens with two attached hydrogens (primary N) is 1. The number of hydrogen-bond acceptors (Lipinski definition) is 4. The van der Waals surface area contributed by atoms with Crippen molar-refractivity contribution in [1.29, 1.82) is 0 Å². The molecule has 0 aromatic carbocycles. The van der Waals surface area contributed by atoms with E-state index in [1.165, 1.54) is 30.6 Å². The molecule has 3 aromatic heterocycles. The molecule has 0 atom stereocenters. The zero-order chi connectivity index (χ0) is 15.7. The second-order valence-corrected chi connectivity index (χ2v) is 4.87. The molecule has 0 amide bonds. The topological polar surface area (TPSA) is 64.7 Å². The van der Waals surface area contributed by atoms with Crippen molar-refractivity contribution >= 4 is 17.4 Å². The minimum Gasteiger partial charge on any atom is -0.382 e. The Morgan fingerprint density at radius 3 is 2.09 bits per heavy atom. The third-order valence-electron chi connectivity index (χ3n) is 3.09. The first-order valence-electron chi connectivity index (χ1n) is 6.23. The SMILES string of the molecule is Nc1nc(-c2ccncc2F)c(-c2ccncc2F)cc1Cl. The van der Waals surface area contributed by atoms with Crippen LogP contribution in [0.4, 0.5) is 14.6 Å². The van der Waals surface area contributed by atoms with Gasteiger partial charge in [-0.2, -0.15) is 0 Å². The van der Waals surface area contributed by atoms with Crippen LogP contribution in [0.15, 0.2) is 43.0 Å². The Labute approximate surface area is 129 Å². The van der Waals surface area contributed by atoms with Crippen molar-refractivity contribution < 1.29 is 8.78 Å². The van der Waals surface area contributed by atoms with Crippen molar-refractivity contribution in [3.8, 4) is 22.4 Å². The van der Waals surface area contributed by atoms with Gasteiger partial charge in [0.1, 0.15) is 11.6 Å². The maximum atomic E-state index is 14.0. The van der Waals surface area contributed by atoms with Gasteiger partial charge in [0.2, 0.25) is 0 Å². The van der Waals surface area contributed by atoms with E-state index in [1.54, 1.807) is 0 Å². The summed E-state index contributed by atoms with van der Waals surface area (Å²) >= 11 is 5.98.